The van der Waals surface area contributed by atoms with E-state index in [1.807, 2.05) is 44.2 Å². The van der Waals surface area contributed by atoms with Crippen molar-refractivity contribution in [3.8, 4) is 5.75 Å². The molecule has 0 saturated heterocycles. The van der Waals surface area contributed by atoms with Gasteiger partial charge in [-0.3, -0.25) is 10.1 Å². The van der Waals surface area contributed by atoms with Crippen molar-refractivity contribution in [3.63, 3.8) is 0 Å². The lowest BCUT2D eigenvalue weighted by Crippen LogP contribution is -2.32. The van der Waals surface area contributed by atoms with Gasteiger partial charge in [0.15, 0.2) is 0 Å². The van der Waals surface area contributed by atoms with Crippen LogP contribution in [0, 0.1) is 16.0 Å². The minimum atomic E-state index is -4.13. The number of rotatable bonds is 7. The molecular weight excluding hydrogens is 407 g/mol. The zero-order valence-electron chi connectivity index (χ0n) is 18.3. The van der Waals surface area contributed by atoms with E-state index < -0.39 is 17.6 Å². The SMILES string of the molecule is CCCC(C)(c1ccc2c(CC)c(OC3CCC(C(F)(F)F)CC3)ccc2c1)[N+](=O)[O-]. The van der Waals surface area contributed by atoms with Gasteiger partial charge in [-0.05, 0) is 61.4 Å². The van der Waals surface area contributed by atoms with Gasteiger partial charge in [0.25, 0.3) is 0 Å². The topological polar surface area (TPSA) is 52.4 Å². The molecule has 1 fully saturated rings. The molecule has 0 amide bonds. The van der Waals surface area contributed by atoms with Crippen molar-refractivity contribution < 1.29 is 22.8 Å². The highest BCUT2D eigenvalue weighted by atomic mass is 19.4. The number of nitro groups is 1. The lowest BCUT2D eigenvalue weighted by atomic mass is 9.86. The number of hydrogen-bond acceptors (Lipinski definition) is 3. The lowest BCUT2D eigenvalue weighted by molar-refractivity contribution is -0.576. The van der Waals surface area contributed by atoms with Crippen LogP contribution in [-0.2, 0) is 12.0 Å². The average molecular weight is 438 g/mol. The van der Waals surface area contributed by atoms with Crippen molar-refractivity contribution in [2.45, 2.75) is 83.5 Å². The van der Waals surface area contributed by atoms with Crippen molar-refractivity contribution in [3.05, 3.63) is 51.6 Å². The molecule has 1 aliphatic rings. The van der Waals surface area contributed by atoms with Crippen LogP contribution in [-0.4, -0.2) is 17.2 Å². The highest BCUT2D eigenvalue weighted by Gasteiger charge is 2.42. The zero-order valence-corrected chi connectivity index (χ0v) is 18.3. The normalized spacial score (nSPS) is 21.6. The lowest BCUT2D eigenvalue weighted by Gasteiger charge is -2.30. The van der Waals surface area contributed by atoms with Gasteiger partial charge in [-0.15, -0.1) is 0 Å². The minimum Gasteiger partial charge on any atom is -0.490 e. The monoisotopic (exact) mass is 437 g/mol. The van der Waals surface area contributed by atoms with Crippen LogP contribution in [0.1, 0.15) is 70.4 Å². The third kappa shape index (κ3) is 4.80. The number of alkyl halides is 3. The van der Waals surface area contributed by atoms with Gasteiger partial charge in [0.05, 0.1) is 12.0 Å². The van der Waals surface area contributed by atoms with Crippen LogP contribution in [0.25, 0.3) is 10.8 Å². The first-order valence-corrected chi connectivity index (χ1v) is 11.0. The summed E-state index contributed by atoms with van der Waals surface area (Å²) in [5, 5.41) is 13.6. The van der Waals surface area contributed by atoms with Crippen molar-refractivity contribution in [1.29, 1.82) is 0 Å². The van der Waals surface area contributed by atoms with Crippen LogP contribution in [0.2, 0.25) is 0 Å². The molecule has 0 bridgehead atoms. The van der Waals surface area contributed by atoms with Gasteiger partial charge in [0.2, 0.25) is 5.54 Å². The molecular formula is C24H30F3NO3. The summed E-state index contributed by atoms with van der Waals surface area (Å²) in [7, 11) is 0. The Kier molecular flexibility index (Phi) is 6.82. The molecule has 0 radical (unpaired) electrons. The van der Waals surface area contributed by atoms with Gasteiger partial charge >= 0.3 is 6.18 Å². The second-order valence-corrected chi connectivity index (χ2v) is 8.75. The maximum atomic E-state index is 12.9. The summed E-state index contributed by atoms with van der Waals surface area (Å²) >= 11 is 0. The van der Waals surface area contributed by atoms with E-state index in [1.165, 1.54) is 0 Å². The summed E-state index contributed by atoms with van der Waals surface area (Å²) in [5.41, 5.74) is 0.523. The fraction of sp³-hybridized carbons (Fsp3) is 0.583. The van der Waals surface area contributed by atoms with E-state index in [4.69, 9.17) is 4.74 Å². The van der Waals surface area contributed by atoms with Gasteiger partial charge in [-0.2, -0.15) is 13.2 Å². The quantitative estimate of drug-likeness (QED) is 0.340. The number of aryl methyl sites for hydroxylation is 1. The van der Waals surface area contributed by atoms with E-state index in [0.717, 1.165) is 16.3 Å². The maximum absolute atomic E-state index is 12.9. The number of nitrogens with zero attached hydrogens (tertiary/aromatic N) is 1. The van der Waals surface area contributed by atoms with Gasteiger partial charge in [0.1, 0.15) is 5.75 Å². The summed E-state index contributed by atoms with van der Waals surface area (Å²) in [6.45, 7) is 5.60. The van der Waals surface area contributed by atoms with Gasteiger partial charge in [-0.25, -0.2) is 0 Å². The van der Waals surface area contributed by atoms with E-state index in [9.17, 15) is 23.3 Å². The number of ether oxygens (including phenoxy) is 1. The molecule has 4 nitrogen and oxygen atoms in total. The van der Waals surface area contributed by atoms with E-state index >= 15 is 0 Å². The minimum absolute atomic E-state index is 0.101. The van der Waals surface area contributed by atoms with Crippen LogP contribution >= 0.6 is 0 Å². The highest BCUT2D eigenvalue weighted by Crippen LogP contribution is 2.40. The number of hydrogen-bond donors (Lipinski definition) is 0. The van der Waals surface area contributed by atoms with E-state index in [1.54, 1.807) is 6.92 Å². The fourth-order valence-corrected chi connectivity index (χ4v) is 4.70. The number of fused-ring (bicyclic) bond motifs is 1. The van der Waals surface area contributed by atoms with Crippen molar-refractivity contribution in [2.75, 3.05) is 0 Å². The first kappa shape index (κ1) is 23.4. The highest BCUT2D eigenvalue weighted by molar-refractivity contribution is 5.88. The molecule has 0 heterocycles. The van der Waals surface area contributed by atoms with Crippen LogP contribution < -0.4 is 4.74 Å². The van der Waals surface area contributed by atoms with Crippen LogP contribution in [0.15, 0.2) is 30.3 Å². The molecule has 1 atom stereocenters. The molecule has 0 aromatic heterocycles. The van der Waals surface area contributed by atoms with E-state index in [-0.39, 0.29) is 23.9 Å². The Balaban J connectivity index is 1.86. The van der Waals surface area contributed by atoms with Gasteiger partial charge < -0.3 is 4.74 Å². The second kappa shape index (κ2) is 9.05. The predicted molar refractivity (Wildman–Crippen MR) is 115 cm³/mol. The van der Waals surface area contributed by atoms with Gasteiger partial charge in [0, 0.05) is 29.4 Å². The Morgan fingerprint density at radius 1 is 1.10 bits per heavy atom. The Hall–Kier alpha value is -2.31. The molecule has 31 heavy (non-hydrogen) atoms. The molecule has 7 heteroatoms. The predicted octanol–water partition coefficient (Wildman–Crippen LogP) is 7.19. The van der Waals surface area contributed by atoms with Crippen LogP contribution in [0.5, 0.6) is 5.75 Å². The third-order valence-corrected chi connectivity index (χ3v) is 6.63. The van der Waals surface area contributed by atoms with Gasteiger partial charge in [-0.1, -0.05) is 32.0 Å². The second-order valence-electron chi connectivity index (χ2n) is 8.75. The Bertz CT molecular complexity index is 936. The Labute approximate surface area is 180 Å². The largest absolute Gasteiger partial charge is 0.490 e. The Morgan fingerprint density at radius 2 is 1.77 bits per heavy atom. The zero-order chi connectivity index (χ0) is 22.8. The van der Waals surface area contributed by atoms with E-state index in [0.29, 0.717) is 43.4 Å². The summed E-state index contributed by atoms with van der Waals surface area (Å²) in [6, 6.07) is 9.35. The molecule has 0 aliphatic heterocycles. The summed E-state index contributed by atoms with van der Waals surface area (Å²) in [5.74, 6) is -0.532. The summed E-state index contributed by atoms with van der Waals surface area (Å²) < 4.78 is 44.9. The maximum Gasteiger partial charge on any atom is 0.391 e. The van der Waals surface area contributed by atoms with E-state index in [2.05, 4.69) is 0 Å². The summed E-state index contributed by atoms with van der Waals surface area (Å²) in [6.07, 6.45) is -1.50. The standard InChI is InChI=1S/C24H30F3NO3/c1-4-14-23(3,28(29)30)18-9-12-21-16(15-18)6-13-22(20(21)5-2)31-19-10-7-17(8-11-19)24(25,26)27/h6,9,12-13,15,17,19H,4-5,7-8,10-11,14H2,1-3H3. The molecule has 170 valence electrons. The van der Waals surface area contributed by atoms with Crippen molar-refractivity contribution in [2.24, 2.45) is 5.92 Å². The molecule has 2 aromatic carbocycles. The van der Waals surface area contributed by atoms with Crippen molar-refractivity contribution >= 4 is 10.8 Å². The number of benzene rings is 2. The smallest absolute Gasteiger partial charge is 0.391 e. The van der Waals surface area contributed by atoms with Crippen LogP contribution in [0.3, 0.4) is 0 Å². The first-order valence-electron chi connectivity index (χ1n) is 11.0. The first-order chi connectivity index (χ1) is 14.6. The molecule has 1 unspecified atom stereocenters. The molecule has 1 saturated carbocycles. The average Bonchev–Trinajstić information content (AvgIpc) is 2.73. The third-order valence-electron chi connectivity index (χ3n) is 6.63. The number of halogens is 3. The molecule has 3 rings (SSSR count). The van der Waals surface area contributed by atoms with Crippen molar-refractivity contribution in [1.82, 2.24) is 0 Å². The fourth-order valence-electron chi connectivity index (χ4n) is 4.70. The molecule has 0 spiro atoms. The molecule has 0 N–H and O–H groups in total. The van der Waals surface area contributed by atoms with Crippen LogP contribution in [0.4, 0.5) is 13.2 Å². The Morgan fingerprint density at radius 3 is 2.32 bits per heavy atom. The molecule has 1 aliphatic carbocycles. The molecule has 2 aromatic rings. The summed E-state index contributed by atoms with van der Waals surface area (Å²) in [4.78, 5) is 11.5.